The summed E-state index contributed by atoms with van der Waals surface area (Å²) in [6, 6.07) is 14.8. The van der Waals surface area contributed by atoms with Crippen molar-refractivity contribution in [2.75, 3.05) is 19.6 Å². The number of rotatable bonds is 4. The molecular weight excluding hydrogens is 327 g/mol. The summed E-state index contributed by atoms with van der Waals surface area (Å²) in [6.45, 7) is 5.58. The second kappa shape index (κ2) is 9.71. The molecule has 2 aromatic rings. The third kappa shape index (κ3) is 5.35. The monoisotopic (exact) mass is 350 g/mol. The fourth-order valence-corrected chi connectivity index (χ4v) is 2.81. The van der Waals surface area contributed by atoms with Gasteiger partial charge in [-0.1, -0.05) is 42.0 Å². The minimum absolute atomic E-state index is 0. The molecule has 0 N–H and O–H groups in total. The average molecular weight is 351 g/mol. The Balaban J connectivity index is 0.00000132. The Morgan fingerprint density at radius 1 is 1.04 bits per heavy atom. The predicted octanol–water partition coefficient (Wildman–Crippen LogP) is 4.76. The standard InChI is InChI=1S/C19H22N2.2ClH/c1-16-7-9-17(10-8-16)18(19-6-2-3-12-20-19)11-15-21-13-4-5-14-21;;/h2-3,6-12H,4-5,13-15H2,1H3;2*1H/b18-11-;;. The molecule has 0 amide bonds. The Kier molecular flexibility index (Phi) is 8.32. The maximum absolute atomic E-state index is 4.54. The van der Waals surface area contributed by atoms with Crippen molar-refractivity contribution in [1.82, 2.24) is 9.88 Å². The second-order valence-electron chi connectivity index (χ2n) is 5.71. The molecule has 1 aliphatic heterocycles. The molecule has 0 atom stereocenters. The minimum Gasteiger partial charge on any atom is -0.300 e. The highest BCUT2D eigenvalue weighted by Gasteiger charge is 2.11. The molecule has 1 aliphatic rings. The Morgan fingerprint density at radius 3 is 2.35 bits per heavy atom. The van der Waals surface area contributed by atoms with Gasteiger partial charge in [0.25, 0.3) is 0 Å². The first kappa shape index (κ1) is 19.7. The van der Waals surface area contributed by atoms with Crippen molar-refractivity contribution in [3.05, 3.63) is 71.6 Å². The van der Waals surface area contributed by atoms with Gasteiger partial charge in [-0.25, -0.2) is 0 Å². The summed E-state index contributed by atoms with van der Waals surface area (Å²) in [5.74, 6) is 0. The van der Waals surface area contributed by atoms with Gasteiger partial charge in [-0.05, 0) is 50.6 Å². The summed E-state index contributed by atoms with van der Waals surface area (Å²) >= 11 is 0. The summed E-state index contributed by atoms with van der Waals surface area (Å²) in [7, 11) is 0. The molecule has 23 heavy (non-hydrogen) atoms. The molecule has 124 valence electrons. The van der Waals surface area contributed by atoms with E-state index < -0.39 is 0 Å². The summed E-state index contributed by atoms with van der Waals surface area (Å²) in [6.07, 6.45) is 6.86. The maximum atomic E-state index is 4.54. The normalized spacial score (nSPS) is 14.9. The Bertz CT molecular complexity index is 603. The first-order valence-corrected chi connectivity index (χ1v) is 7.74. The lowest BCUT2D eigenvalue weighted by Crippen LogP contribution is -2.19. The quantitative estimate of drug-likeness (QED) is 0.789. The molecule has 4 heteroatoms. The van der Waals surface area contributed by atoms with Crippen LogP contribution in [0.1, 0.15) is 29.7 Å². The molecule has 3 rings (SSSR count). The highest BCUT2D eigenvalue weighted by Crippen LogP contribution is 2.22. The van der Waals surface area contributed by atoms with Crippen molar-refractivity contribution < 1.29 is 0 Å². The van der Waals surface area contributed by atoms with Crippen LogP contribution < -0.4 is 0 Å². The number of halogens is 2. The second-order valence-corrected chi connectivity index (χ2v) is 5.71. The molecule has 1 saturated heterocycles. The zero-order valence-electron chi connectivity index (χ0n) is 13.4. The minimum atomic E-state index is 0. The largest absolute Gasteiger partial charge is 0.300 e. The van der Waals surface area contributed by atoms with Crippen LogP contribution in [0.3, 0.4) is 0 Å². The number of hydrogen-bond donors (Lipinski definition) is 0. The molecule has 0 unspecified atom stereocenters. The van der Waals surface area contributed by atoms with Crippen molar-refractivity contribution in [2.24, 2.45) is 0 Å². The van der Waals surface area contributed by atoms with Crippen LogP contribution in [0.25, 0.3) is 5.57 Å². The number of pyridine rings is 1. The van der Waals surface area contributed by atoms with Crippen molar-refractivity contribution >= 4 is 30.4 Å². The molecule has 0 radical (unpaired) electrons. The van der Waals surface area contributed by atoms with Gasteiger partial charge >= 0.3 is 0 Å². The number of aryl methyl sites for hydroxylation is 1. The van der Waals surface area contributed by atoms with Crippen LogP contribution >= 0.6 is 24.8 Å². The first-order valence-electron chi connectivity index (χ1n) is 7.74. The Hall–Kier alpha value is -1.35. The summed E-state index contributed by atoms with van der Waals surface area (Å²) in [5.41, 5.74) is 4.83. The van der Waals surface area contributed by atoms with E-state index in [1.54, 1.807) is 0 Å². The van der Waals surface area contributed by atoms with Crippen LogP contribution in [0.4, 0.5) is 0 Å². The molecule has 0 aliphatic carbocycles. The molecule has 0 bridgehead atoms. The van der Waals surface area contributed by atoms with Gasteiger partial charge in [-0.3, -0.25) is 9.88 Å². The number of nitrogens with zero attached hydrogens (tertiary/aromatic N) is 2. The maximum Gasteiger partial charge on any atom is 0.0705 e. The van der Waals surface area contributed by atoms with E-state index >= 15 is 0 Å². The highest BCUT2D eigenvalue weighted by atomic mass is 35.5. The van der Waals surface area contributed by atoms with Gasteiger partial charge in [0.05, 0.1) is 5.69 Å². The average Bonchev–Trinajstić information content (AvgIpc) is 3.04. The van der Waals surface area contributed by atoms with Crippen LogP contribution in [0, 0.1) is 6.92 Å². The van der Waals surface area contributed by atoms with E-state index in [2.05, 4.69) is 59.3 Å². The predicted molar refractivity (Wildman–Crippen MR) is 103 cm³/mol. The van der Waals surface area contributed by atoms with Gasteiger partial charge in [-0.15, -0.1) is 24.8 Å². The lowest BCUT2D eigenvalue weighted by Gasteiger charge is -2.14. The summed E-state index contributed by atoms with van der Waals surface area (Å²) in [4.78, 5) is 7.05. The van der Waals surface area contributed by atoms with Gasteiger partial charge < -0.3 is 0 Å². The number of likely N-dealkylation sites (tertiary alicyclic amines) is 1. The van der Waals surface area contributed by atoms with Crippen LogP contribution in [0.5, 0.6) is 0 Å². The number of hydrogen-bond acceptors (Lipinski definition) is 2. The topological polar surface area (TPSA) is 16.1 Å². The zero-order valence-corrected chi connectivity index (χ0v) is 15.1. The van der Waals surface area contributed by atoms with E-state index in [0.29, 0.717) is 0 Å². The van der Waals surface area contributed by atoms with Crippen molar-refractivity contribution in [3.63, 3.8) is 0 Å². The molecule has 1 aromatic heterocycles. The van der Waals surface area contributed by atoms with E-state index in [9.17, 15) is 0 Å². The van der Waals surface area contributed by atoms with Crippen LogP contribution in [0.2, 0.25) is 0 Å². The van der Waals surface area contributed by atoms with E-state index in [1.165, 1.54) is 42.6 Å². The third-order valence-electron chi connectivity index (χ3n) is 4.06. The van der Waals surface area contributed by atoms with Crippen molar-refractivity contribution in [1.29, 1.82) is 0 Å². The number of aromatic nitrogens is 1. The fourth-order valence-electron chi connectivity index (χ4n) is 2.81. The van der Waals surface area contributed by atoms with Gasteiger partial charge in [-0.2, -0.15) is 0 Å². The lowest BCUT2D eigenvalue weighted by molar-refractivity contribution is 0.377. The van der Waals surface area contributed by atoms with Crippen LogP contribution in [-0.2, 0) is 0 Å². The molecule has 1 aromatic carbocycles. The lowest BCUT2D eigenvalue weighted by atomic mass is 10.0. The van der Waals surface area contributed by atoms with E-state index in [4.69, 9.17) is 0 Å². The van der Waals surface area contributed by atoms with Crippen LogP contribution in [0.15, 0.2) is 54.7 Å². The Morgan fingerprint density at radius 2 is 1.74 bits per heavy atom. The molecule has 2 heterocycles. The summed E-state index contributed by atoms with van der Waals surface area (Å²) < 4.78 is 0. The SMILES string of the molecule is Cc1ccc(/C(=C/CN2CCCC2)c2ccccn2)cc1.Cl.Cl. The summed E-state index contributed by atoms with van der Waals surface area (Å²) in [5, 5.41) is 0. The molecule has 1 fully saturated rings. The third-order valence-corrected chi connectivity index (χ3v) is 4.06. The zero-order chi connectivity index (χ0) is 14.5. The highest BCUT2D eigenvalue weighted by molar-refractivity contribution is 5.85. The molecule has 0 spiro atoms. The Labute approximate surface area is 151 Å². The van der Waals surface area contributed by atoms with E-state index in [0.717, 1.165) is 12.2 Å². The van der Waals surface area contributed by atoms with E-state index in [1.807, 2.05) is 12.3 Å². The smallest absolute Gasteiger partial charge is 0.0705 e. The first-order chi connectivity index (χ1) is 10.3. The molecule has 0 saturated carbocycles. The van der Waals surface area contributed by atoms with E-state index in [-0.39, 0.29) is 24.8 Å². The van der Waals surface area contributed by atoms with Crippen molar-refractivity contribution in [3.8, 4) is 0 Å². The van der Waals surface area contributed by atoms with Gasteiger partial charge in [0, 0.05) is 18.3 Å². The van der Waals surface area contributed by atoms with Crippen molar-refractivity contribution in [2.45, 2.75) is 19.8 Å². The number of benzene rings is 1. The molecule has 2 nitrogen and oxygen atoms in total. The fraction of sp³-hybridized carbons (Fsp3) is 0.316. The molecular formula is C19H24Cl2N2. The van der Waals surface area contributed by atoms with Gasteiger partial charge in [0.15, 0.2) is 0 Å². The van der Waals surface area contributed by atoms with Gasteiger partial charge in [0.2, 0.25) is 0 Å². The van der Waals surface area contributed by atoms with Gasteiger partial charge in [0.1, 0.15) is 0 Å². The van der Waals surface area contributed by atoms with Crippen LogP contribution in [-0.4, -0.2) is 29.5 Å².